The fourth-order valence-electron chi connectivity index (χ4n) is 2.00. The Morgan fingerprint density at radius 2 is 1.52 bits per heavy atom. The lowest BCUT2D eigenvalue weighted by molar-refractivity contribution is -0.137. The number of ketones is 1. The monoisotopic (exact) mass is 330 g/mol. The first-order valence-electron chi connectivity index (χ1n) is 6.47. The third-order valence-electron chi connectivity index (χ3n) is 3.21. The Bertz CT molecular complexity index is 695. The van der Waals surface area contributed by atoms with Crippen molar-refractivity contribution in [1.82, 2.24) is 0 Å². The molecule has 0 saturated carbocycles. The van der Waals surface area contributed by atoms with E-state index >= 15 is 0 Å². The van der Waals surface area contributed by atoms with Gasteiger partial charge in [0.05, 0.1) is 5.56 Å². The lowest BCUT2D eigenvalue weighted by Gasteiger charge is -2.22. The first kappa shape index (κ1) is 17.1. The number of halogens is 5. The van der Waals surface area contributed by atoms with E-state index in [1.54, 1.807) is 0 Å². The highest BCUT2D eigenvalue weighted by atomic mass is 19.4. The highest BCUT2D eigenvalue weighted by molar-refractivity contribution is 6.01. The summed E-state index contributed by atoms with van der Waals surface area (Å²) < 4.78 is 66.1. The molecule has 23 heavy (non-hydrogen) atoms. The van der Waals surface area contributed by atoms with Crippen LogP contribution in [0.25, 0.3) is 0 Å². The molecule has 2 aromatic rings. The summed E-state index contributed by atoms with van der Waals surface area (Å²) in [5.41, 5.74) is -2.21. The summed E-state index contributed by atoms with van der Waals surface area (Å²) in [6.45, 7) is 0. The van der Waals surface area contributed by atoms with Gasteiger partial charge in [-0.05, 0) is 17.7 Å². The third-order valence-corrected chi connectivity index (χ3v) is 3.21. The van der Waals surface area contributed by atoms with E-state index in [-0.39, 0.29) is 5.56 Å². The van der Waals surface area contributed by atoms with Crippen molar-refractivity contribution in [2.45, 2.75) is 18.2 Å². The molecule has 0 aliphatic heterocycles. The molecule has 7 heteroatoms. The second-order valence-corrected chi connectivity index (χ2v) is 4.84. The van der Waals surface area contributed by atoms with Gasteiger partial charge in [0, 0.05) is 5.56 Å². The molecule has 1 unspecified atom stereocenters. The van der Waals surface area contributed by atoms with E-state index in [4.69, 9.17) is 0 Å². The molecule has 0 aromatic heterocycles. The predicted octanol–water partition coefficient (Wildman–Crippen LogP) is 4.26. The smallest absolute Gasteiger partial charge is 0.382 e. The molecule has 0 amide bonds. The average Bonchev–Trinajstić information content (AvgIpc) is 2.53. The minimum absolute atomic E-state index is 0.344. The maximum Gasteiger partial charge on any atom is 0.416 e. The van der Waals surface area contributed by atoms with Crippen LogP contribution in [0.15, 0.2) is 54.6 Å². The number of rotatable bonds is 4. The van der Waals surface area contributed by atoms with Crippen molar-refractivity contribution in [3.8, 4) is 0 Å². The molecule has 0 aliphatic carbocycles. The molecule has 2 nitrogen and oxygen atoms in total. The maximum atomic E-state index is 14.1. The van der Waals surface area contributed by atoms with Gasteiger partial charge in [-0.3, -0.25) is 4.79 Å². The lowest BCUT2D eigenvalue weighted by Crippen LogP contribution is -2.36. The van der Waals surface area contributed by atoms with E-state index in [0.29, 0.717) is 12.1 Å². The van der Waals surface area contributed by atoms with Crippen LogP contribution in [-0.4, -0.2) is 16.8 Å². The van der Waals surface area contributed by atoms with Crippen molar-refractivity contribution in [3.63, 3.8) is 0 Å². The van der Waals surface area contributed by atoms with Crippen molar-refractivity contribution in [3.05, 3.63) is 71.3 Å². The fourth-order valence-corrected chi connectivity index (χ4v) is 2.00. The Morgan fingerprint density at radius 1 is 0.913 bits per heavy atom. The Morgan fingerprint density at radius 3 is 2.09 bits per heavy atom. The second-order valence-electron chi connectivity index (χ2n) is 4.84. The standard InChI is InChI=1S/C16H11F5O2/c17-15(18,13(22)10-5-2-1-3-6-10)14(23)11-7-4-8-12(9-11)16(19,20)21/h1-9,14,23H. The topological polar surface area (TPSA) is 37.3 Å². The zero-order valence-electron chi connectivity index (χ0n) is 11.5. The van der Waals surface area contributed by atoms with Crippen LogP contribution in [0.2, 0.25) is 0 Å². The number of alkyl halides is 5. The zero-order valence-corrected chi connectivity index (χ0v) is 11.5. The molecular weight excluding hydrogens is 319 g/mol. The Kier molecular flexibility index (Phi) is 4.51. The van der Waals surface area contributed by atoms with Crippen molar-refractivity contribution in [2.24, 2.45) is 0 Å². The minimum atomic E-state index is -4.74. The molecule has 0 fully saturated rings. The first-order chi connectivity index (χ1) is 10.6. The molecule has 122 valence electrons. The number of aliphatic hydroxyl groups is 1. The van der Waals surface area contributed by atoms with E-state index in [1.165, 1.54) is 18.2 Å². The summed E-state index contributed by atoms with van der Waals surface area (Å²) in [6, 6.07) is 9.39. The van der Waals surface area contributed by atoms with Crippen LogP contribution in [-0.2, 0) is 6.18 Å². The van der Waals surface area contributed by atoms with Crippen LogP contribution in [0.5, 0.6) is 0 Å². The summed E-state index contributed by atoms with van der Waals surface area (Å²) in [4.78, 5) is 11.8. The minimum Gasteiger partial charge on any atom is -0.382 e. The molecule has 0 bridgehead atoms. The van der Waals surface area contributed by atoms with Gasteiger partial charge in [0.2, 0.25) is 5.78 Å². The van der Waals surface area contributed by atoms with Crippen LogP contribution in [0.1, 0.15) is 27.6 Å². The molecule has 0 heterocycles. The Hall–Kier alpha value is -2.28. The van der Waals surface area contributed by atoms with Gasteiger partial charge in [-0.15, -0.1) is 0 Å². The first-order valence-corrected chi connectivity index (χ1v) is 6.47. The quantitative estimate of drug-likeness (QED) is 0.672. The summed E-state index contributed by atoms with van der Waals surface area (Å²) >= 11 is 0. The summed E-state index contributed by atoms with van der Waals surface area (Å²) in [6.07, 6.45) is -7.42. The normalized spacial score (nSPS) is 13.7. The SMILES string of the molecule is O=C(c1ccccc1)C(F)(F)C(O)c1cccc(C(F)(F)F)c1. The van der Waals surface area contributed by atoms with Crippen LogP contribution >= 0.6 is 0 Å². The number of carbonyl (C=O) groups is 1. The maximum absolute atomic E-state index is 14.1. The van der Waals surface area contributed by atoms with Crippen LogP contribution in [0.4, 0.5) is 22.0 Å². The van der Waals surface area contributed by atoms with Gasteiger partial charge in [0.25, 0.3) is 0 Å². The summed E-state index contributed by atoms with van der Waals surface area (Å²) in [5, 5.41) is 9.73. The second kappa shape index (κ2) is 6.08. The van der Waals surface area contributed by atoms with Gasteiger partial charge in [0.15, 0.2) is 6.10 Å². The molecule has 2 rings (SSSR count). The van der Waals surface area contributed by atoms with Gasteiger partial charge in [0.1, 0.15) is 0 Å². The third kappa shape index (κ3) is 3.56. The van der Waals surface area contributed by atoms with E-state index in [0.717, 1.165) is 24.3 Å². The van der Waals surface area contributed by atoms with E-state index in [1.807, 2.05) is 0 Å². The van der Waals surface area contributed by atoms with Crippen molar-refractivity contribution >= 4 is 5.78 Å². The molecule has 1 N–H and O–H groups in total. The largest absolute Gasteiger partial charge is 0.416 e. The number of hydrogen-bond donors (Lipinski definition) is 1. The highest BCUT2D eigenvalue weighted by Gasteiger charge is 2.47. The molecule has 1 atom stereocenters. The molecule has 0 saturated heterocycles. The Labute approximate surface area is 128 Å². The van der Waals surface area contributed by atoms with E-state index in [9.17, 15) is 31.9 Å². The van der Waals surface area contributed by atoms with E-state index < -0.39 is 35.1 Å². The number of benzene rings is 2. The number of carbonyl (C=O) groups excluding carboxylic acids is 1. The van der Waals surface area contributed by atoms with Gasteiger partial charge < -0.3 is 5.11 Å². The van der Waals surface area contributed by atoms with Gasteiger partial charge in [-0.2, -0.15) is 22.0 Å². The molecule has 0 radical (unpaired) electrons. The average molecular weight is 330 g/mol. The summed E-state index contributed by atoms with van der Waals surface area (Å²) in [5.74, 6) is -5.92. The zero-order chi connectivity index (χ0) is 17.3. The molecule has 0 spiro atoms. The molecular formula is C16H11F5O2. The van der Waals surface area contributed by atoms with E-state index in [2.05, 4.69) is 0 Å². The van der Waals surface area contributed by atoms with Crippen LogP contribution in [0, 0.1) is 0 Å². The van der Waals surface area contributed by atoms with Gasteiger partial charge >= 0.3 is 12.1 Å². The van der Waals surface area contributed by atoms with Crippen molar-refractivity contribution < 1.29 is 31.9 Å². The van der Waals surface area contributed by atoms with Crippen molar-refractivity contribution in [1.29, 1.82) is 0 Å². The number of hydrogen-bond acceptors (Lipinski definition) is 2. The Balaban J connectivity index is 2.35. The summed E-state index contributed by atoms with van der Waals surface area (Å²) in [7, 11) is 0. The predicted molar refractivity (Wildman–Crippen MR) is 72.1 cm³/mol. The van der Waals surface area contributed by atoms with Gasteiger partial charge in [-0.25, -0.2) is 0 Å². The fraction of sp³-hybridized carbons (Fsp3) is 0.188. The van der Waals surface area contributed by atoms with Crippen molar-refractivity contribution in [2.75, 3.05) is 0 Å². The lowest BCUT2D eigenvalue weighted by atomic mass is 9.95. The van der Waals surface area contributed by atoms with Crippen LogP contribution in [0.3, 0.4) is 0 Å². The van der Waals surface area contributed by atoms with Gasteiger partial charge in [-0.1, -0.05) is 42.5 Å². The highest BCUT2D eigenvalue weighted by Crippen LogP contribution is 2.37. The van der Waals surface area contributed by atoms with Crippen LogP contribution < -0.4 is 0 Å². The number of aliphatic hydroxyl groups excluding tert-OH is 1. The molecule has 0 aliphatic rings. The number of Topliss-reactive ketones (excluding diaryl/α,β-unsaturated/α-hetero) is 1. The molecule has 2 aromatic carbocycles.